The van der Waals surface area contributed by atoms with Gasteiger partial charge >= 0.3 is 0 Å². The van der Waals surface area contributed by atoms with Crippen molar-refractivity contribution in [2.45, 2.75) is 39.7 Å². The molecule has 2 aromatic rings. The summed E-state index contributed by atoms with van der Waals surface area (Å²) >= 11 is 1.74. The van der Waals surface area contributed by atoms with Crippen molar-refractivity contribution in [1.29, 1.82) is 0 Å². The molecule has 0 fully saturated rings. The number of fused-ring (bicyclic) bond motifs is 1. The van der Waals surface area contributed by atoms with Gasteiger partial charge in [0.25, 0.3) is 0 Å². The highest BCUT2D eigenvalue weighted by atomic mass is 32.1. The molecule has 0 aromatic carbocycles. The second-order valence-corrected chi connectivity index (χ2v) is 6.96. The van der Waals surface area contributed by atoms with Crippen molar-refractivity contribution in [3.05, 3.63) is 39.3 Å². The molecule has 0 unspecified atom stereocenters. The van der Waals surface area contributed by atoms with Crippen LogP contribution in [0.2, 0.25) is 0 Å². The van der Waals surface area contributed by atoms with Gasteiger partial charge in [0.1, 0.15) is 0 Å². The van der Waals surface area contributed by atoms with Crippen LogP contribution in [0, 0.1) is 13.8 Å². The number of hydrogen-bond acceptors (Lipinski definition) is 5. The summed E-state index contributed by atoms with van der Waals surface area (Å²) in [5, 5.41) is 4.73. The lowest BCUT2D eigenvalue weighted by Crippen LogP contribution is -2.35. The highest BCUT2D eigenvalue weighted by molar-refractivity contribution is 7.10. The molecule has 7 heteroatoms. The van der Waals surface area contributed by atoms with Gasteiger partial charge in [-0.25, -0.2) is 9.97 Å². The van der Waals surface area contributed by atoms with Gasteiger partial charge < -0.3 is 4.90 Å². The highest BCUT2D eigenvalue weighted by Gasteiger charge is 2.21. The zero-order valence-corrected chi connectivity index (χ0v) is 14.7. The number of carbonyl (C=O) groups excluding carboxylic acids is 2. The number of rotatable bonds is 4. The Morgan fingerprint density at radius 1 is 1.25 bits per heavy atom. The lowest BCUT2D eigenvalue weighted by atomic mass is 10.1. The SMILES string of the molecule is Cc1cc(C)nc(NC(=O)CCC(=O)N2CCc3sccc3C2)n1. The van der Waals surface area contributed by atoms with Crippen LogP contribution in [-0.4, -0.2) is 33.2 Å². The topological polar surface area (TPSA) is 75.2 Å². The lowest BCUT2D eigenvalue weighted by Gasteiger charge is -2.27. The summed E-state index contributed by atoms with van der Waals surface area (Å²) in [6.07, 6.45) is 1.25. The molecule has 0 saturated carbocycles. The fraction of sp³-hybridized carbons (Fsp3) is 0.412. The zero-order chi connectivity index (χ0) is 17.1. The largest absolute Gasteiger partial charge is 0.338 e. The number of aryl methyl sites for hydroxylation is 2. The maximum Gasteiger partial charge on any atom is 0.229 e. The van der Waals surface area contributed by atoms with Gasteiger partial charge in [0.15, 0.2) is 0 Å². The Labute approximate surface area is 144 Å². The Hall–Kier alpha value is -2.28. The summed E-state index contributed by atoms with van der Waals surface area (Å²) in [6.45, 7) is 5.08. The highest BCUT2D eigenvalue weighted by Crippen LogP contribution is 2.24. The van der Waals surface area contributed by atoms with Crippen LogP contribution in [-0.2, 0) is 22.6 Å². The molecule has 0 bridgehead atoms. The van der Waals surface area contributed by atoms with E-state index in [4.69, 9.17) is 0 Å². The third kappa shape index (κ3) is 3.97. The minimum atomic E-state index is -0.235. The Morgan fingerprint density at radius 2 is 2.00 bits per heavy atom. The number of amides is 2. The molecule has 3 rings (SSSR count). The zero-order valence-electron chi connectivity index (χ0n) is 13.8. The Balaban J connectivity index is 1.50. The molecule has 2 aromatic heterocycles. The van der Waals surface area contributed by atoms with E-state index in [1.165, 1.54) is 10.4 Å². The summed E-state index contributed by atoms with van der Waals surface area (Å²) in [5.74, 6) is 0.0794. The number of anilines is 1. The molecule has 1 aliphatic rings. The molecule has 3 heterocycles. The van der Waals surface area contributed by atoms with Gasteiger partial charge in [-0.15, -0.1) is 11.3 Å². The summed E-state index contributed by atoms with van der Waals surface area (Å²) in [6, 6.07) is 3.91. The third-order valence-corrected chi connectivity index (χ3v) is 4.98. The van der Waals surface area contributed by atoms with E-state index in [0.29, 0.717) is 12.5 Å². The average molecular weight is 344 g/mol. The molecule has 0 atom stereocenters. The van der Waals surface area contributed by atoms with Gasteiger partial charge in [-0.2, -0.15) is 0 Å². The van der Waals surface area contributed by atoms with E-state index >= 15 is 0 Å². The van der Waals surface area contributed by atoms with Crippen LogP contribution in [0.15, 0.2) is 17.5 Å². The van der Waals surface area contributed by atoms with Gasteiger partial charge in [-0.05, 0) is 43.3 Å². The summed E-state index contributed by atoms with van der Waals surface area (Å²) in [4.78, 5) is 35.9. The van der Waals surface area contributed by atoms with Gasteiger partial charge in [-0.3, -0.25) is 14.9 Å². The molecule has 126 valence electrons. The predicted molar refractivity (Wildman–Crippen MR) is 92.8 cm³/mol. The second kappa shape index (κ2) is 7.09. The van der Waals surface area contributed by atoms with E-state index in [0.717, 1.165) is 24.4 Å². The smallest absolute Gasteiger partial charge is 0.229 e. The van der Waals surface area contributed by atoms with Gasteiger partial charge in [0.05, 0.1) is 0 Å². The summed E-state index contributed by atoms with van der Waals surface area (Å²) < 4.78 is 0. The molecule has 24 heavy (non-hydrogen) atoms. The Morgan fingerprint density at radius 3 is 2.75 bits per heavy atom. The summed E-state index contributed by atoms with van der Waals surface area (Å²) in [7, 11) is 0. The van der Waals surface area contributed by atoms with Crippen molar-refractivity contribution < 1.29 is 9.59 Å². The number of hydrogen-bond donors (Lipinski definition) is 1. The molecule has 6 nitrogen and oxygen atoms in total. The van der Waals surface area contributed by atoms with Crippen molar-refractivity contribution in [2.24, 2.45) is 0 Å². The molecule has 0 spiro atoms. The molecule has 2 amide bonds. The van der Waals surface area contributed by atoms with Crippen LogP contribution in [0.5, 0.6) is 0 Å². The predicted octanol–water partition coefficient (Wildman–Crippen LogP) is 2.46. The van der Waals surface area contributed by atoms with Crippen LogP contribution in [0.25, 0.3) is 0 Å². The van der Waals surface area contributed by atoms with Crippen molar-refractivity contribution in [3.63, 3.8) is 0 Å². The standard InChI is InChI=1S/C17H20N4O2S/c1-11-9-12(2)19-17(18-11)20-15(22)3-4-16(23)21-7-5-14-13(10-21)6-8-24-14/h6,8-9H,3-5,7,10H2,1-2H3,(H,18,19,20,22). The third-order valence-electron chi connectivity index (χ3n) is 3.96. The molecule has 1 aliphatic heterocycles. The fourth-order valence-corrected chi connectivity index (χ4v) is 3.70. The molecule has 0 aliphatic carbocycles. The van der Waals surface area contributed by atoms with Gasteiger partial charge in [-0.1, -0.05) is 0 Å². The van der Waals surface area contributed by atoms with Crippen molar-refractivity contribution in [3.8, 4) is 0 Å². The number of aromatic nitrogens is 2. The Bertz CT molecular complexity index is 751. The first-order chi connectivity index (χ1) is 11.5. The lowest BCUT2D eigenvalue weighted by molar-refractivity contribution is -0.133. The molecule has 0 radical (unpaired) electrons. The van der Waals surface area contributed by atoms with Crippen molar-refractivity contribution >= 4 is 29.1 Å². The minimum Gasteiger partial charge on any atom is -0.338 e. The molecule has 1 N–H and O–H groups in total. The van der Waals surface area contributed by atoms with E-state index in [1.54, 1.807) is 11.3 Å². The first-order valence-electron chi connectivity index (χ1n) is 7.96. The first kappa shape index (κ1) is 16.6. The van der Waals surface area contributed by atoms with E-state index in [-0.39, 0.29) is 24.7 Å². The van der Waals surface area contributed by atoms with Crippen LogP contribution in [0.3, 0.4) is 0 Å². The van der Waals surface area contributed by atoms with Crippen molar-refractivity contribution in [2.75, 3.05) is 11.9 Å². The first-order valence-corrected chi connectivity index (χ1v) is 8.84. The molecule has 0 saturated heterocycles. The number of carbonyl (C=O) groups is 2. The van der Waals surface area contributed by atoms with Gasteiger partial charge in [0, 0.05) is 42.2 Å². The number of thiophene rings is 1. The van der Waals surface area contributed by atoms with Crippen LogP contribution >= 0.6 is 11.3 Å². The van der Waals surface area contributed by atoms with Crippen LogP contribution in [0.4, 0.5) is 5.95 Å². The van der Waals surface area contributed by atoms with Gasteiger partial charge in [0.2, 0.25) is 17.8 Å². The summed E-state index contributed by atoms with van der Waals surface area (Å²) in [5.41, 5.74) is 2.83. The monoisotopic (exact) mass is 344 g/mol. The van der Waals surface area contributed by atoms with E-state index < -0.39 is 0 Å². The quantitative estimate of drug-likeness (QED) is 0.924. The fourth-order valence-electron chi connectivity index (χ4n) is 2.81. The van der Waals surface area contributed by atoms with E-state index in [1.807, 2.05) is 24.8 Å². The minimum absolute atomic E-state index is 0.0170. The van der Waals surface area contributed by atoms with Crippen molar-refractivity contribution in [1.82, 2.24) is 14.9 Å². The normalized spacial score (nSPS) is 13.5. The maximum atomic E-state index is 12.3. The molecular weight excluding hydrogens is 324 g/mol. The average Bonchev–Trinajstić information content (AvgIpc) is 2.99. The maximum absolute atomic E-state index is 12.3. The number of nitrogens with zero attached hydrogens (tertiary/aromatic N) is 3. The van der Waals surface area contributed by atoms with E-state index in [2.05, 4.69) is 26.7 Å². The van der Waals surface area contributed by atoms with E-state index in [9.17, 15) is 9.59 Å². The van der Waals surface area contributed by atoms with Crippen LogP contribution in [0.1, 0.15) is 34.7 Å². The number of nitrogens with one attached hydrogen (secondary N) is 1. The Kier molecular flexibility index (Phi) is 4.89. The molecular formula is C17H20N4O2S. The second-order valence-electron chi connectivity index (χ2n) is 5.96. The van der Waals surface area contributed by atoms with Crippen LogP contribution < -0.4 is 5.32 Å².